The van der Waals surface area contributed by atoms with Crippen LogP contribution in [0.3, 0.4) is 0 Å². The van der Waals surface area contributed by atoms with E-state index in [4.69, 9.17) is 10.2 Å². The molecule has 0 bridgehead atoms. The number of rotatable bonds is 28. The standard InChI is InChI=1S/2C16H36NO.C2H7O4P/c2*1-4-5-6-7-8-9-10-11-12-13-14-17(2,3)15-16-18;1-2-6-7(3,4)5/h2*18H,4-16H2,1-3H3;2H2,1H3,(H2,3,4,5)/q2*+1;/p-2. The summed E-state index contributed by atoms with van der Waals surface area (Å²) < 4.78 is 15.1. The highest BCUT2D eigenvalue weighted by Crippen LogP contribution is 2.23. The molecule has 43 heavy (non-hydrogen) atoms. The quantitative estimate of drug-likeness (QED) is 0.0552. The zero-order valence-electron chi connectivity index (χ0n) is 30.0. The average molecular weight is 641 g/mol. The van der Waals surface area contributed by atoms with Gasteiger partial charge in [-0.1, -0.05) is 117 Å². The molecule has 0 saturated heterocycles. The summed E-state index contributed by atoms with van der Waals surface area (Å²) >= 11 is 0. The van der Waals surface area contributed by atoms with E-state index in [9.17, 15) is 14.4 Å². The lowest BCUT2D eigenvalue weighted by molar-refractivity contribution is -0.890. The Morgan fingerprint density at radius 2 is 0.744 bits per heavy atom. The Labute approximate surface area is 269 Å². The van der Waals surface area contributed by atoms with Crippen molar-refractivity contribution in [3.63, 3.8) is 0 Å². The van der Waals surface area contributed by atoms with Gasteiger partial charge in [0.1, 0.15) is 13.1 Å². The lowest BCUT2D eigenvalue weighted by atomic mass is 10.1. The summed E-state index contributed by atoms with van der Waals surface area (Å²) in [6.07, 6.45) is 28.0. The highest BCUT2D eigenvalue weighted by atomic mass is 31.2. The van der Waals surface area contributed by atoms with Gasteiger partial charge < -0.3 is 38.1 Å². The Bertz CT molecular complexity index is 549. The molecule has 0 aliphatic rings. The largest absolute Gasteiger partial charge is 0.790 e. The second-order valence-electron chi connectivity index (χ2n) is 13.4. The van der Waals surface area contributed by atoms with Crippen molar-refractivity contribution in [2.45, 2.75) is 149 Å². The van der Waals surface area contributed by atoms with Crippen molar-refractivity contribution in [2.24, 2.45) is 0 Å². The van der Waals surface area contributed by atoms with Crippen molar-refractivity contribution in [3.05, 3.63) is 0 Å². The summed E-state index contributed by atoms with van der Waals surface area (Å²) in [6, 6.07) is 0. The van der Waals surface area contributed by atoms with E-state index in [0.717, 1.165) is 22.1 Å². The molecule has 0 unspecified atom stereocenters. The van der Waals surface area contributed by atoms with E-state index in [1.54, 1.807) is 0 Å². The van der Waals surface area contributed by atoms with E-state index in [1.165, 1.54) is 148 Å². The van der Waals surface area contributed by atoms with E-state index in [2.05, 4.69) is 46.6 Å². The van der Waals surface area contributed by atoms with Crippen LogP contribution in [0.25, 0.3) is 0 Å². The molecule has 0 spiro atoms. The fourth-order valence-electron chi connectivity index (χ4n) is 4.98. The highest BCUT2D eigenvalue weighted by Gasteiger charge is 2.13. The Morgan fingerprint density at radius 1 is 0.488 bits per heavy atom. The summed E-state index contributed by atoms with van der Waals surface area (Å²) in [5.41, 5.74) is 0. The van der Waals surface area contributed by atoms with Crippen LogP contribution in [0.2, 0.25) is 0 Å². The number of hydrogen-bond acceptors (Lipinski definition) is 6. The van der Waals surface area contributed by atoms with E-state index in [1.807, 2.05) is 0 Å². The second kappa shape index (κ2) is 33.3. The fourth-order valence-corrected chi connectivity index (χ4v) is 5.29. The van der Waals surface area contributed by atoms with Crippen LogP contribution in [-0.2, 0) is 9.09 Å². The van der Waals surface area contributed by atoms with Gasteiger partial charge in [0.2, 0.25) is 0 Å². The summed E-state index contributed by atoms with van der Waals surface area (Å²) in [6.45, 7) is 10.7. The Balaban J connectivity index is -0.000000611. The molecule has 0 aromatic rings. The molecule has 264 valence electrons. The van der Waals surface area contributed by atoms with Gasteiger partial charge in [-0.25, -0.2) is 0 Å². The predicted octanol–water partition coefficient (Wildman–Crippen LogP) is 6.80. The van der Waals surface area contributed by atoms with Crippen molar-refractivity contribution >= 4 is 7.82 Å². The average Bonchev–Trinajstić information content (AvgIpc) is 2.91. The van der Waals surface area contributed by atoms with Crippen molar-refractivity contribution in [1.82, 2.24) is 0 Å². The summed E-state index contributed by atoms with van der Waals surface area (Å²) in [4.78, 5) is 19.0. The first-order valence-corrected chi connectivity index (χ1v) is 19.3. The van der Waals surface area contributed by atoms with E-state index < -0.39 is 7.82 Å². The molecule has 0 amide bonds. The van der Waals surface area contributed by atoms with Crippen molar-refractivity contribution in [1.29, 1.82) is 0 Å². The van der Waals surface area contributed by atoms with Gasteiger partial charge in [-0.2, -0.15) is 0 Å². The minimum atomic E-state index is -4.67. The first kappa shape index (κ1) is 47.4. The molecule has 0 atom stereocenters. The van der Waals surface area contributed by atoms with Gasteiger partial charge in [0.25, 0.3) is 0 Å². The lowest BCUT2D eigenvalue weighted by Gasteiger charge is -2.28. The van der Waals surface area contributed by atoms with Crippen LogP contribution in [0.4, 0.5) is 0 Å². The van der Waals surface area contributed by atoms with Gasteiger partial charge in [0.15, 0.2) is 0 Å². The van der Waals surface area contributed by atoms with Gasteiger partial charge in [0, 0.05) is 6.61 Å². The number of quaternary nitrogens is 2. The van der Waals surface area contributed by atoms with Crippen LogP contribution < -0.4 is 9.79 Å². The molecular formula is C34H77N2O6P. The first-order chi connectivity index (χ1) is 20.3. The van der Waals surface area contributed by atoms with Gasteiger partial charge in [-0.3, -0.25) is 0 Å². The third kappa shape index (κ3) is 46.5. The molecule has 0 fully saturated rings. The number of phosphoric ester groups is 1. The van der Waals surface area contributed by atoms with Crippen LogP contribution in [0.5, 0.6) is 0 Å². The maximum Gasteiger partial charge on any atom is 0.102 e. The monoisotopic (exact) mass is 641 g/mol. The third-order valence-electron chi connectivity index (χ3n) is 7.93. The van der Waals surface area contributed by atoms with Gasteiger partial charge in [-0.05, 0) is 32.6 Å². The molecule has 0 heterocycles. The normalized spacial score (nSPS) is 12.0. The Hall–Kier alpha value is -0.0500. The molecule has 0 aliphatic carbocycles. The van der Waals surface area contributed by atoms with Crippen LogP contribution in [0, 0.1) is 0 Å². The molecule has 8 nitrogen and oxygen atoms in total. The molecule has 0 aromatic carbocycles. The number of aliphatic hydroxyl groups is 2. The van der Waals surface area contributed by atoms with Crippen molar-refractivity contribution < 1.29 is 38.1 Å². The molecule has 9 heteroatoms. The summed E-state index contributed by atoms with van der Waals surface area (Å²) in [5, 5.41) is 17.9. The van der Waals surface area contributed by atoms with Gasteiger partial charge >= 0.3 is 0 Å². The minimum Gasteiger partial charge on any atom is -0.790 e. The Morgan fingerprint density at radius 3 is 0.930 bits per heavy atom. The van der Waals surface area contributed by atoms with Crippen molar-refractivity contribution in [2.75, 3.05) is 74.2 Å². The fraction of sp³-hybridized carbons (Fsp3) is 1.00. The minimum absolute atomic E-state index is 0.0791. The summed E-state index contributed by atoms with van der Waals surface area (Å²) in [5.74, 6) is 0. The Kier molecular flexibility index (Phi) is 36.7. The molecule has 0 rings (SSSR count). The van der Waals surface area contributed by atoms with E-state index in [-0.39, 0.29) is 6.61 Å². The third-order valence-corrected chi connectivity index (χ3v) is 8.51. The zero-order chi connectivity index (χ0) is 33.3. The number of hydrogen-bond donors (Lipinski definition) is 2. The van der Waals surface area contributed by atoms with E-state index in [0.29, 0.717) is 13.2 Å². The van der Waals surface area contributed by atoms with Crippen LogP contribution in [-0.4, -0.2) is 93.4 Å². The number of phosphoric acid groups is 1. The van der Waals surface area contributed by atoms with E-state index >= 15 is 0 Å². The molecule has 2 N–H and O–H groups in total. The zero-order valence-corrected chi connectivity index (χ0v) is 30.9. The second-order valence-corrected chi connectivity index (χ2v) is 14.6. The van der Waals surface area contributed by atoms with Crippen LogP contribution >= 0.6 is 7.82 Å². The maximum atomic E-state index is 9.48. The predicted molar refractivity (Wildman–Crippen MR) is 181 cm³/mol. The summed E-state index contributed by atoms with van der Waals surface area (Å²) in [7, 11) is 4.18. The highest BCUT2D eigenvalue weighted by molar-refractivity contribution is 7.43. The number of unbranched alkanes of at least 4 members (excludes halogenated alkanes) is 18. The molecule has 0 aliphatic heterocycles. The first-order valence-electron chi connectivity index (χ1n) is 17.8. The SMILES string of the molecule is CCCCCCCCCCCC[N+](C)(C)CCO.CCCCCCCCCCCC[N+](C)(C)CCO.CCOP(=O)([O-])[O-]. The topological polar surface area (TPSA) is 113 Å². The maximum absolute atomic E-state index is 9.48. The number of nitrogens with zero attached hydrogens (tertiary/aromatic N) is 2. The smallest absolute Gasteiger partial charge is 0.102 e. The van der Waals surface area contributed by atoms with Crippen LogP contribution in [0.15, 0.2) is 0 Å². The van der Waals surface area contributed by atoms with Crippen molar-refractivity contribution in [3.8, 4) is 0 Å². The molecule has 0 radical (unpaired) electrons. The number of likely N-dealkylation sites (N-methyl/N-ethyl adjacent to an activating group) is 2. The number of aliphatic hydroxyl groups excluding tert-OH is 2. The lowest BCUT2D eigenvalue weighted by Crippen LogP contribution is -2.42. The molecule has 0 aromatic heterocycles. The molecule has 0 saturated carbocycles. The van der Waals surface area contributed by atoms with Crippen LogP contribution in [0.1, 0.15) is 149 Å². The molecular weight excluding hydrogens is 563 g/mol. The van der Waals surface area contributed by atoms with Gasteiger partial charge in [-0.15, -0.1) is 0 Å². The van der Waals surface area contributed by atoms with Gasteiger partial charge in [0.05, 0.1) is 62.3 Å².